The van der Waals surface area contributed by atoms with Crippen molar-refractivity contribution in [1.82, 2.24) is 15.1 Å². The van der Waals surface area contributed by atoms with Gasteiger partial charge in [0.2, 0.25) is 6.79 Å². The molecule has 14 heteroatoms. The van der Waals surface area contributed by atoms with E-state index in [-0.39, 0.29) is 48.2 Å². The molecular weight excluding hydrogens is 678 g/mol. The minimum atomic E-state index is -1.32. The minimum absolute atomic E-state index is 0.00972. The molecule has 0 aliphatic carbocycles. The number of phenolic OH excluding ortho intramolecular Hbond substituents is 3. The fourth-order valence-corrected chi connectivity index (χ4v) is 11.4. The highest BCUT2D eigenvalue weighted by atomic mass is 32.2. The summed E-state index contributed by atoms with van der Waals surface area (Å²) in [6.45, 7) is 3.96. The molecule has 7 aliphatic rings. The number of carbonyl (C=O) groups is 1. The molecule has 4 bridgehead atoms. The number of aryl methyl sites for hydroxylation is 1. The van der Waals surface area contributed by atoms with Crippen molar-refractivity contribution < 1.29 is 48.9 Å². The van der Waals surface area contributed by atoms with Crippen molar-refractivity contribution >= 4 is 17.7 Å². The third-order valence-electron chi connectivity index (χ3n) is 12.0. The molecule has 13 nitrogen and oxygen atoms in total. The number of hydrogen-bond donors (Lipinski definition) is 5. The van der Waals surface area contributed by atoms with Crippen LogP contribution in [0.1, 0.15) is 61.8 Å². The van der Waals surface area contributed by atoms with Crippen LogP contribution in [0.2, 0.25) is 0 Å². The quantitative estimate of drug-likeness (QED) is 0.246. The molecule has 0 amide bonds. The summed E-state index contributed by atoms with van der Waals surface area (Å²) in [5, 5.41) is 50.1. The fourth-order valence-electron chi connectivity index (χ4n) is 9.74. The lowest BCUT2D eigenvalue weighted by molar-refractivity contribution is -0.186. The summed E-state index contributed by atoms with van der Waals surface area (Å²) in [5.41, 5.74) is 4.38. The van der Waals surface area contributed by atoms with Crippen molar-refractivity contribution in [1.29, 1.82) is 0 Å². The number of methoxy groups -OCH3 is 2. The first-order chi connectivity index (χ1) is 24.5. The molecule has 270 valence electrons. The normalized spacial score (nSPS) is 30.6. The summed E-state index contributed by atoms with van der Waals surface area (Å²) >= 11 is 1.47. The number of esters is 1. The van der Waals surface area contributed by atoms with E-state index in [1.54, 1.807) is 26.2 Å². The van der Waals surface area contributed by atoms with Crippen molar-refractivity contribution in [2.75, 3.05) is 47.0 Å². The number of benzene rings is 3. The van der Waals surface area contributed by atoms with Gasteiger partial charge >= 0.3 is 5.97 Å². The van der Waals surface area contributed by atoms with E-state index in [2.05, 4.69) is 10.2 Å². The molecule has 0 radical (unpaired) electrons. The predicted molar refractivity (Wildman–Crippen MR) is 185 cm³/mol. The number of ether oxygens (including phenoxy) is 5. The first kappa shape index (κ1) is 32.8. The molecule has 2 saturated heterocycles. The molecule has 7 atom stereocenters. The van der Waals surface area contributed by atoms with Gasteiger partial charge in [-0.3, -0.25) is 15.1 Å². The van der Waals surface area contributed by atoms with Gasteiger partial charge in [0.15, 0.2) is 40.0 Å². The van der Waals surface area contributed by atoms with Gasteiger partial charge in [-0.1, -0.05) is 6.07 Å². The number of hydrogen-bond acceptors (Lipinski definition) is 14. The average molecular weight is 720 g/mol. The first-order valence-electron chi connectivity index (χ1n) is 17.2. The fraction of sp³-hybridized carbons (Fsp3) is 0.486. The Morgan fingerprint density at radius 1 is 0.980 bits per heavy atom. The monoisotopic (exact) mass is 719 g/mol. The van der Waals surface area contributed by atoms with Crippen LogP contribution in [0.5, 0.6) is 40.2 Å². The van der Waals surface area contributed by atoms with Crippen molar-refractivity contribution in [2.45, 2.75) is 67.9 Å². The Bertz CT molecular complexity index is 2010. The number of rotatable bonds is 2. The second-order valence-electron chi connectivity index (χ2n) is 14.4. The minimum Gasteiger partial charge on any atom is -0.507 e. The summed E-state index contributed by atoms with van der Waals surface area (Å²) in [7, 11) is 4.97. The smallest absolute Gasteiger partial charge is 0.331 e. The lowest BCUT2D eigenvalue weighted by atomic mass is 9.73. The summed E-state index contributed by atoms with van der Waals surface area (Å²) in [5.74, 6) is 1.32. The van der Waals surface area contributed by atoms with E-state index in [1.807, 2.05) is 24.9 Å². The Labute approximate surface area is 299 Å². The van der Waals surface area contributed by atoms with E-state index in [1.165, 1.54) is 18.9 Å². The maximum Gasteiger partial charge on any atom is 0.331 e. The highest BCUT2D eigenvalue weighted by Gasteiger charge is 2.61. The Hall–Kier alpha value is -4.08. The lowest BCUT2D eigenvalue weighted by Gasteiger charge is -2.62. The summed E-state index contributed by atoms with van der Waals surface area (Å²) < 4.78 is 29.5. The standard InChI is InChI=1S/C37H41N3O10S/c1-15-8-18-9-20-35(44)40-21-12-48-36(45)37(19-11-23(46-4)22(41)10-17(19)6-7-38-37)13-51-34(26-25(21)33-32(49-14-50-33)16(2)29(26)42)28(40)27(39(20)3)24(18)30(43)31(15)47-5/h8,10-11,20-21,27-28,34-35,38,41-44H,6-7,9,12-14H2,1-5H3/t20-,21?,27+,28+,34+,35-,37+/m0/s1. The molecule has 51 heavy (non-hydrogen) atoms. The van der Waals surface area contributed by atoms with Crippen LogP contribution >= 0.6 is 11.8 Å². The van der Waals surface area contributed by atoms with E-state index < -0.39 is 41.1 Å². The Morgan fingerprint density at radius 2 is 1.76 bits per heavy atom. The molecule has 2 fully saturated rings. The highest BCUT2D eigenvalue weighted by molar-refractivity contribution is 7.99. The highest BCUT2D eigenvalue weighted by Crippen LogP contribution is 2.64. The molecular formula is C37H41N3O10S. The van der Waals surface area contributed by atoms with Crippen molar-refractivity contribution in [3.8, 4) is 40.2 Å². The molecule has 3 aromatic carbocycles. The number of aliphatic hydroxyl groups is 1. The van der Waals surface area contributed by atoms with Crippen LogP contribution in [0, 0.1) is 13.8 Å². The van der Waals surface area contributed by atoms with E-state index in [4.69, 9.17) is 23.7 Å². The molecule has 3 aromatic rings. The topological polar surface area (TPSA) is 163 Å². The van der Waals surface area contributed by atoms with Crippen LogP contribution in [0.15, 0.2) is 18.2 Å². The molecule has 10 rings (SSSR count). The molecule has 1 unspecified atom stereocenters. The predicted octanol–water partition coefficient (Wildman–Crippen LogP) is 3.19. The van der Waals surface area contributed by atoms with Crippen LogP contribution in [0.4, 0.5) is 0 Å². The summed E-state index contributed by atoms with van der Waals surface area (Å²) in [6.07, 6.45) is 0.0426. The molecule has 0 saturated carbocycles. The van der Waals surface area contributed by atoms with Gasteiger partial charge in [0, 0.05) is 40.6 Å². The van der Waals surface area contributed by atoms with Gasteiger partial charge in [-0.25, -0.2) is 4.79 Å². The van der Waals surface area contributed by atoms with Gasteiger partial charge in [-0.2, -0.15) is 0 Å². The summed E-state index contributed by atoms with van der Waals surface area (Å²) in [4.78, 5) is 18.7. The van der Waals surface area contributed by atoms with Crippen LogP contribution in [0.25, 0.3) is 0 Å². The second kappa shape index (κ2) is 11.5. The van der Waals surface area contributed by atoms with E-state index in [0.717, 1.165) is 16.7 Å². The SMILES string of the molecule is COc1cc2c(cc1O)CCN[C@]21CS[C@@H]2c3c(O)c(C)c4c(c3C(COC1=O)N1[C@@H]2[C@H]2c3c(cc(C)c(OC)c3O)C[C@@H]([C@@H]1O)N2C)OCO4. The number of aromatic hydroxyl groups is 3. The molecule has 7 heterocycles. The Morgan fingerprint density at radius 3 is 2.53 bits per heavy atom. The van der Waals surface area contributed by atoms with Crippen molar-refractivity contribution in [3.05, 3.63) is 62.7 Å². The number of carbonyl (C=O) groups excluding carboxylic acids is 1. The molecule has 1 spiro atoms. The maximum absolute atomic E-state index is 14.6. The van der Waals surface area contributed by atoms with Gasteiger partial charge in [0.05, 0.1) is 37.6 Å². The number of piperazine rings is 1. The van der Waals surface area contributed by atoms with Gasteiger partial charge in [0.25, 0.3) is 0 Å². The third-order valence-corrected chi connectivity index (χ3v) is 13.5. The molecule has 7 aliphatic heterocycles. The average Bonchev–Trinajstić information content (AvgIpc) is 3.60. The van der Waals surface area contributed by atoms with E-state index in [9.17, 15) is 25.2 Å². The third kappa shape index (κ3) is 4.28. The van der Waals surface area contributed by atoms with Crippen LogP contribution in [-0.4, -0.2) is 101 Å². The number of aliphatic hydroxyl groups excluding tert-OH is 1. The number of likely N-dealkylation sites (N-methyl/N-ethyl adjacent to an activating group) is 1. The number of nitrogens with one attached hydrogen (secondary N) is 1. The van der Waals surface area contributed by atoms with Gasteiger partial charge in [-0.05, 0) is 68.1 Å². The number of phenols is 3. The van der Waals surface area contributed by atoms with Crippen molar-refractivity contribution in [3.63, 3.8) is 0 Å². The van der Waals surface area contributed by atoms with Crippen LogP contribution in [0.3, 0.4) is 0 Å². The van der Waals surface area contributed by atoms with Crippen LogP contribution < -0.4 is 24.3 Å². The van der Waals surface area contributed by atoms with E-state index >= 15 is 0 Å². The maximum atomic E-state index is 14.6. The zero-order valence-electron chi connectivity index (χ0n) is 29.0. The second-order valence-corrected chi connectivity index (χ2v) is 15.5. The van der Waals surface area contributed by atoms with Crippen LogP contribution in [-0.2, 0) is 27.9 Å². The van der Waals surface area contributed by atoms with Gasteiger partial charge in [0.1, 0.15) is 18.6 Å². The lowest BCUT2D eigenvalue weighted by Crippen LogP contribution is -2.70. The Balaban J connectivity index is 1.29. The van der Waals surface area contributed by atoms with Gasteiger partial charge < -0.3 is 44.1 Å². The molecule has 0 aromatic heterocycles. The first-order valence-corrected chi connectivity index (χ1v) is 18.2. The molecule has 5 N–H and O–H groups in total. The number of thioether (sulfide) groups is 1. The zero-order valence-corrected chi connectivity index (χ0v) is 29.8. The number of fused-ring (bicyclic) bond motifs is 9. The van der Waals surface area contributed by atoms with Gasteiger partial charge in [-0.15, -0.1) is 11.8 Å². The Kier molecular flexibility index (Phi) is 7.37. The summed E-state index contributed by atoms with van der Waals surface area (Å²) in [6, 6.07) is 3.30. The largest absolute Gasteiger partial charge is 0.507 e. The van der Waals surface area contributed by atoms with Crippen molar-refractivity contribution in [2.24, 2.45) is 0 Å². The zero-order chi connectivity index (χ0) is 35.7. The van der Waals surface area contributed by atoms with E-state index in [0.29, 0.717) is 64.5 Å². The number of nitrogens with zero attached hydrogens (tertiary/aromatic N) is 2.